The lowest BCUT2D eigenvalue weighted by molar-refractivity contribution is -0.0836. The third-order valence-electron chi connectivity index (χ3n) is 7.05. The van der Waals surface area contributed by atoms with E-state index in [2.05, 4.69) is 31.1 Å². The number of nitrogens with one attached hydrogen (secondary N) is 1. The van der Waals surface area contributed by atoms with Crippen molar-refractivity contribution in [1.29, 1.82) is 0 Å². The van der Waals surface area contributed by atoms with Crippen LogP contribution in [0.25, 0.3) is 11.4 Å². The van der Waals surface area contributed by atoms with Crippen LogP contribution in [0.3, 0.4) is 0 Å². The van der Waals surface area contributed by atoms with Gasteiger partial charge in [-0.05, 0) is 55.5 Å². The standard InChI is InChI=1S/C22H23N5O/c1-3-15(14-23-10-1)13-19-21(16-7-8-22(16)9-12-27(19)22)28-20-6-5-18(25-26-20)17-4-2-11-24-17/h1-6,10-11,14,16,19,21,24H,7-9,12-13H2. The smallest absolute Gasteiger partial charge is 0.233 e. The van der Waals surface area contributed by atoms with Crippen LogP contribution < -0.4 is 4.74 Å². The molecule has 0 radical (unpaired) electrons. The van der Waals surface area contributed by atoms with Crippen LogP contribution in [0, 0.1) is 5.92 Å². The Kier molecular flexibility index (Phi) is 3.56. The Bertz CT molecular complexity index is 954. The number of hydrogen-bond acceptors (Lipinski definition) is 5. The molecule has 6 nitrogen and oxygen atoms in total. The van der Waals surface area contributed by atoms with E-state index < -0.39 is 0 Å². The van der Waals surface area contributed by atoms with Crippen molar-refractivity contribution in [3.63, 3.8) is 0 Å². The molecule has 5 heterocycles. The van der Waals surface area contributed by atoms with Gasteiger partial charge in [0.1, 0.15) is 11.8 Å². The van der Waals surface area contributed by atoms with Crippen molar-refractivity contribution in [3.05, 3.63) is 60.6 Å². The topological polar surface area (TPSA) is 66.9 Å². The summed E-state index contributed by atoms with van der Waals surface area (Å²) in [5.74, 6) is 1.23. The maximum absolute atomic E-state index is 6.50. The molecule has 3 aromatic heterocycles. The first-order chi connectivity index (χ1) is 13.8. The van der Waals surface area contributed by atoms with Crippen LogP contribution in [0.2, 0.25) is 0 Å². The van der Waals surface area contributed by atoms with Crippen LogP contribution in [0.5, 0.6) is 5.88 Å². The predicted molar refractivity (Wildman–Crippen MR) is 105 cm³/mol. The third-order valence-corrected chi connectivity index (χ3v) is 7.05. The van der Waals surface area contributed by atoms with Gasteiger partial charge in [0.05, 0.1) is 11.7 Å². The number of aromatic amines is 1. The van der Waals surface area contributed by atoms with Crippen LogP contribution in [-0.4, -0.2) is 49.3 Å². The van der Waals surface area contributed by atoms with Crippen LogP contribution in [0.4, 0.5) is 0 Å². The van der Waals surface area contributed by atoms with Gasteiger partial charge < -0.3 is 9.72 Å². The highest BCUT2D eigenvalue weighted by Crippen LogP contribution is 2.60. The number of rotatable bonds is 5. The summed E-state index contributed by atoms with van der Waals surface area (Å²) in [5.41, 5.74) is 3.46. The van der Waals surface area contributed by atoms with Crippen LogP contribution in [0.15, 0.2) is 55.0 Å². The molecule has 142 valence electrons. The number of ether oxygens (including phenoxy) is 1. The average molecular weight is 373 g/mol. The molecular formula is C22H23N5O. The zero-order valence-electron chi connectivity index (χ0n) is 15.7. The first-order valence-corrected chi connectivity index (χ1v) is 10.1. The minimum absolute atomic E-state index is 0.169. The lowest BCUT2D eigenvalue weighted by Crippen LogP contribution is -2.65. The molecule has 0 amide bonds. The van der Waals surface area contributed by atoms with E-state index in [0.717, 1.165) is 17.8 Å². The molecule has 4 atom stereocenters. The highest BCUT2D eigenvalue weighted by molar-refractivity contribution is 5.53. The zero-order valence-corrected chi connectivity index (χ0v) is 15.7. The molecule has 1 spiro atoms. The first-order valence-electron chi connectivity index (χ1n) is 10.1. The van der Waals surface area contributed by atoms with Gasteiger partial charge in [0.25, 0.3) is 0 Å². The van der Waals surface area contributed by atoms with E-state index in [1.54, 1.807) is 0 Å². The number of pyridine rings is 1. The molecule has 3 aromatic rings. The lowest BCUT2D eigenvalue weighted by atomic mass is 9.61. The second-order valence-corrected chi connectivity index (χ2v) is 8.25. The van der Waals surface area contributed by atoms with E-state index in [0.29, 0.717) is 23.4 Å². The van der Waals surface area contributed by atoms with E-state index in [9.17, 15) is 0 Å². The summed E-state index contributed by atoms with van der Waals surface area (Å²) in [7, 11) is 0. The quantitative estimate of drug-likeness (QED) is 0.744. The molecule has 2 saturated heterocycles. The van der Waals surface area contributed by atoms with E-state index in [-0.39, 0.29) is 6.10 Å². The second kappa shape index (κ2) is 6.14. The molecule has 2 aliphatic heterocycles. The summed E-state index contributed by atoms with van der Waals surface area (Å²) in [6, 6.07) is 12.5. The Labute approximate surface area is 164 Å². The van der Waals surface area contributed by atoms with Gasteiger partial charge in [0, 0.05) is 42.7 Å². The highest BCUT2D eigenvalue weighted by atomic mass is 16.5. The van der Waals surface area contributed by atoms with Gasteiger partial charge in [0.2, 0.25) is 5.88 Å². The molecule has 1 saturated carbocycles. The predicted octanol–water partition coefficient (Wildman–Crippen LogP) is 3.09. The summed E-state index contributed by atoms with van der Waals surface area (Å²) in [6.07, 6.45) is 10.7. The van der Waals surface area contributed by atoms with Gasteiger partial charge in [-0.1, -0.05) is 6.07 Å². The summed E-state index contributed by atoms with van der Waals surface area (Å²) < 4.78 is 6.50. The maximum Gasteiger partial charge on any atom is 0.233 e. The zero-order chi connectivity index (χ0) is 18.6. The Hall–Kier alpha value is -2.73. The van der Waals surface area contributed by atoms with Gasteiger partial charge in [0.15, 0.2) is 0 Å². The Morgan fingerprint density at radius 3 is 2.79 bits per heavy atom. The molecule has 1 N–H and O–H groups in total. The van der Waals surface area contributed by atoms with E-state index in [4.69, 9.17) is 4.74 Å². The number of aromatic nitrogens is 4. The van der Waals surface area contributed by atoms with Crippen molar-refractivity contribution >= 4 is 0 Å². The van der Waals surface area contributed by atoms with Gasteiger partial charge in [-0.3, -0.25) is 9.88 Å². The van der Waals surface area contributed by atoms with Crippen LogP contribution in [-0.2, 0) is 6.42 Å². The Morgan fingerprint density at radius 1 is 1.14 bits per heavy atom. The fourth-order valence-corrected chi connectivity index (χ4v) is 5.55. The van der Waals surface area contributed by atoms with Crippen molar-refractivity contribution in [2.75, 3.05) is 6.54 Å². The largest absolute Gasteiger partial charge is 0.471 e. The Balaban J connectivity index is 1.26. The molecule has 3 fully saturated rings. The average Bonchev–Trinajstić information content (AvgIpc) is 3.24. The molecule has 6 rings (SSSR count). The molecule has 28 heavy (non-hydrogen) atoms. The first kappa shape index (κ1) is 16.2. The van der Waals surface area contributed by atoms with Crippen molar-refractivity contribution in [1.82, 2.24) is 25.1 Å². The monoisotopic (exact) mass is 373 g/mol. The summed E-state index contributed by atoms with van der Waals surface area (Å²) >= 11 is 0. The Morgan fingerprint density at radius 2 is 2.14 bits per heavy atom. The van der Waals surface area contributed by atoms with Crippen molar-refractivity contribution < 1.29 is 4.74 Å². The number of hydrogen-bond donors (Lipinski definition) is 1. The molecule has 4 unspecified atom stereocenters. The minimum Gasteiger partial charge on any atom is -0.471 e. The van der Waals surface area contributed by atoms with Crippen LogP contribution >= 0.6 is 0 Å². The SMILES string of the molecule is c1cncc(CC2C(Oc3ccc(-c4ccc[nH]4)nn3)C3CCC34CCN24)c1. The lowest BCUT2D eigenvalue weighted by Gasteiger charge is -2.58. The fourth-order valence-electron chi connectivity index (χ4n) is 5.55. The molecule has 6 heteroatoms. The van der Waals surface area contributed by atoms with E-state index in [1.165, 1.54) is 31.4 Å². The summed E-state index contributed by atoms with van der Waals surface area (Å²) in [5, 5.41) is 8.72. The summed E-state index contributed by atoms with van der Waals surface area (Å²) in [6.45, 7) is 1.18. The van der Waals surface area contributed by atoms with Gasteiger partial charge in [-0.15, -0.1) is 10.2 Å². The van der Waals surface area contributed by atoms with E-state index >= 15 is 0 Å². The maximum atomic E-state index is 6.50. The van der Waals surface area contributed by atoms with Gasteiger partial charge in [-0.25, -0.2) is 0 Å². The van der Waals surface area contributed by atoms with Crippen molar-refractivity contribution in [3.8, 4) is 17.3 Å². The van der Waals surface area contributed by atoms with E-state index in [1.807, 2.05) is 48.9 Å². The summed E-state index contributed by atoms with van der Waals surface area (Å²) in [4.78, 5) is 10.2. The molecule has 3 aliphatic rings. The minimum atomic E-state index is 0.169. The fraction of sp³-hybridized carbons (Fsp3) is 0.409. The van der Waals surface area contributed by atoms with Crippen molar-refractivity contribution in [2.45, 2.75) is 43.4 Å². The normalized spacial score (nSPS) is 30.8. The second-order valence-electron chi connectivity index (χ2n) is 8.25. The van der Waals surface area contributed by atoms with Gasteiger partial charge >= 0.3 is 0 Å². The molecule has 1 aliphatic carbocycles. The third kappa shape index (κ3) is 2.34. The molecule has 0 aromatic carbocycles. The van der Waals surface area contributed by atoms with Crippen LogP contribution in [0.1, 0.15) is 24.8 Å². The molecular weight excluding hydrogens is 350 g/mol. The number of nitrogens with zero attached hydrogens (tertiary/aromatic N) is 4. The van der Waals surface area contributed by atoms with Gasteiger partial charge in [-0.2, -0.15) is 0 Å². The van der Waals surface area contributed by atoms with Crippen molar-refractivity contribution in [2.24, 2.45) is 5.92 Å². The highest BCUT2D eigenvalue weighted by Gasteiger charge is 2.68. The number of H-pyrrole nitrogens is 1. The molecule has 0 bridgehead atoms.